The van der Waals surface area contributed by atoms with Crippen molar-refractivity contribution < 1.29 is 0 Å². The lowest BCUT2D eigenvalue weighted by Gasteiger charge is -2.36. The number of hydrogen-bond acceptors (Lipinski definition) is 4. The molecule has 7 heteroatoms. The van der Waals surface area contributed by atoms with Gasteiger partial charge in [0.1, 0.15) is 0 Å². The fourth-order valence-electron chi connectivity index (χ4n) is 3.31. The normalized spacial score (nSPS) is 15.3. The Morgan fingerprint density at radius 3 is 2.52 bits per heavy atom. The van der Waals surface area contributed by atoms with Crippen molar-refractivity contribution in [2.45, 2.75) is 13.6 Å². The van der Waals surface area contributed by atoms with Crippen LogP contribution in [0.25, 0.3) is 11.4 Å². The molecule has 3 aromatic rings. The second kappa shape index (κ2) is 7.84. The molecular formula is C20H22ClN5S. The molecule has 0 spiro atoms. The molecule has 140 valence electrons. The van der Waals surface area contributed by atoms with E-state index in [0.29, 0.717) is 4.77 Å². The van der Waals surface area contributed by atoms with Crippen molar-refractivity contribution in [3.63, 3.8) is 0 Å². The van der Waals surface area contributed by atoms with Crippen LogP contribution >= 0.6 is 23.8 Å². The Bertz CT molecular complexity index is 971. The number of halogens is 1. The Morgan fingerprint density at radius 1 is 1.07 bits per heavy atom. The van der Waals surface area contributed by atoms with Crippen LogP contribution in [-0.4, -0.2) is 45.8 Å². The van der Waals surface area contributed by atoms with E-state index in [1.165, 1.54) is 11.3 Å². The van der Waals surface area contributed by atoms with E-state index in [-0.39, 0.29) is 0 Å². The second-order valence-electron chi connectivity index (χ2n) is 6.88. The van der Waals surface area contributed by atoms with E-state index >= 15 is 0 Å². The van der Waals surface area contributed by atoms with E-state index < -0.39 is 0 Å². The van der Waals surface area contributed by atoms with Crippen molar-refractivity contribution in [3.8, 4) is 11.4 Å². The number of rotatable bonds is 4. The molecule has 5 nitrogen and oxygen atoms in total. The maximum atomic E-state index is 6.12. The van der Waals surface area contributed by atoms with Crippen LogP contribution in [-0.2, 0) is 6.67 Å². The topological polar surface area (TPSA) is 40.1 Å². The molecule has 2 heterocycles. The van der Waals surface area contributed by atoms with E-state index in [2.05, 4.69) is 57.1 Å². The summed E-state index contributed by atoms with van der Waals surface area (Å²) in [5.74, 6) is 0.817. The number of anilines is 1. The Kier molecular flexibility index (Phi) is 5.29. The molecule has 2 aromatic carbocycles. The van der Waals surface area contributed by atoms with Gasteiger partial charge in [0, 0.05) is 42.5 Å². The first-order valence-corrected chi connectivity index (χ1v) is 9.84. The summed E-state index contributed by atoms with van der Waals surface area (Å²) in [5.41, 5.74) is 3.47. The van der Waals surface area contributed by atoms with Crippen LogP contribution in [0.15, 0.2) is 48.5 Å². The van der Waals surface area contributed by atoms with Crippen LogP contribution in [0.1, 0.15) is 5.56 Å². The number of nitrogens with zero attached hydrogens (tertiary/aromatic N) is 4. The van der Waals surface area contributed by atoms with E-state index in [0.717, 1.165) is 49.3 Å². The quantitative estimate of drug-likeness (QED) is 0.662. The second-order valence-corrected chi connectivity index (χ2v) is 7.68. The lowest BCUT2D eigenvalue weighted by molar-refractivity contribution is 0.194. The molecule has 1 N–H and O–H groups in total. The van der Waals surface area contributed by atoms with Gasteiger partial charge >= 0.3 is 0 Å². The summed E-state index contributed by atoms with van der Waals surface area (Å²) in [7, 11) is 0. The summed E-state index contributed by atoms with van der Waals surface area (Å²) in [4.78, 5) is 9.27. The van der Waals surface area contributed by atoms with Gasteiger partial charge in [-0.1, -0.05) is 47.5 Å². The van der Waals surface area contributed by atoms with Crippen molar-refractivity contribution in [2.75, 3.05) is 31.1 Å². The third-order valence-electron chi connectivity index (χ3n) is 4.89. The number of H-pyrrole nitrogens is 1. The summed E-state index contributed by atoms with van der Waals surface area (Å²) in [6.45, 7) is 6.66. The average Bonchev–Trinajstić information content (AvgIpc) is 3.03. The van der Waals surface area contributed by atoms with E-state index in [1.807, 2.05) is 22.9 Å². The SMILES string of the molecule is Cc1ccc(-c2nc(=S)n(CN3CCN(c4cccc(Cl)c4)CC3)[nH]2)cc1. The summed E-state index contributed by atoms with van der Waals surface area (Å²) in [6.07, 6.45) is 0. The molecule has 1 fully saturated rings. The zero-order valence-electron chi connectivity index (χ0n) is 15.2. The monoisotopic (exact) mass is 399 g/mol. The van der Waals surface area contributed by atoms with Gasteiger partial charge in [-0.15, -0.1) is 0 Å². The Balaban J connectivity index is 1.41. The summed E-state index contributed by atoms with van der Waals surface area (Å²) in [5, 5.41) is 4.12. The number of nitrogens with one attached hydrogen (secondary N) is 1. The van der Waals surface area contributed by atoms with E-state index in [1.54, 1.807) is 0 Å². The molecule has 1 aliphatic heterocycles. The largest absolute Gasteiger partial charge is 0.369 e. The molecule has 0 radical (unpaired) electrons. The molecule has 27 heavy (non-hydrogen) atoms. The van der Waals surface area contributed by atoms with Crippen LogP contribution in [0.2, 0.25) is 5.02 Å². The fraction of sp³-hybridized carbons (Fsp3) is 0.300. The predicted molar refractivity (Wildman–Crippen MR) is 113 cm³/mol. The van der Waals surface area contributed by atoms with Gasteiger partial charge in [-0.3, -0.25) is 10.00 Å². The molecule has 0 aliphatic carbocycles. The number of aryl methyl sites for hydroxylation is 1. The van der Waals surface area contributed by atoms with Gasteiger partial charge in [0.25, 0.3) is 0 Å². The average molecular weight is 400 g/mol. The molecule has 1 aromatic heterocycles. The van der Waals surface area contributed by atoms with Crippen molar-refractivity contribution in [1.29, 1.82) is 0 Å². The highest BCUT2D eigenvalue weighted by Crippen LogP contribution is 2.21. The first-order valence-electron chi connectivity index (χ1n) is 9.05. The lowest BCUT2D eigenvalue weighted by atomic mass is 10.1. The molecule has 0 amide bonds. The summed E-state index contributed by atoms with van der Waals surface area (Å²) >= 11 is 11.6. The standard InChI is InChI=1S/C20H22ClN5S/c1-15-5-7-16(8-6-15)19-22-20(27)26(23-19)14-24-9-11-25(12-10-24)18-4-2-3-17(21)13-18/h2-8,13H,9-12,14H2,1H3,(H,22,23,27). The van der Waals surface area contributed by atoms with Crippen LogP contribution in [0.5, 0.6) is 0 Å². The van der Waals surface area contributed by atoms with E-state index in [4.69, 9.17) is 23.8 Å². The number of hydrogen-bond donors (Lipinski definition) is 1. The zero-order valence-corrected chi connectivity index (χ0v) is 16.8. The number of aromatic nitrogens is 3. The molecule has 0 saturated carbocycles. The van der Waals surface area contributed by atoms with Gasteiger partial charge in [-0.05, 0) is 37.3 Å². The van der Waals surface area contributed by atoms with Gasteiger partial charge < -0.3 is 4.90 Å². The number of aromatic amines is 1. The van der Waals surface area contributed by atoms with Crippen molar-refractivity contribution in [3.05, 3.63) is 63.9 Å². The molecule has 0 bridgehead atoms. The molecule has 1 saturated heterocycles. The third-order valence-corrected chi connectivity index (χ3v) is 5.44. The fourth-order valence-corrected chi connectivity index (χ4v) is 3.69. The van der Waals surface area contributed by atoms with Crippen LogP contribution in [0.4, 0.5) is 5.69 Å². The minimum Gasteiger partial charge on any atom is -0.369 e. The van der Waals surface area contributed by atoms with Crippen molar-refractivity contribution >= 4 is 29.5 Å². The third kappa shape index (κ3) is 4.24. The zero-order chi connectivity index (χ0) is 18.8. The number of benzene rings is 2. The molecule has 4 rings (SSSR count). The van der Waals surface area contributed by atoms with Crippen molar-refractivity contribution in [1.82, 2.24) is 19.7 Å². The number of piperazine rings is 1. The first kappa shape index (κ1) is 18.2. The first-order chi connectivity index (χ1) is 13.1. The highest BCUT2D eigenvalue weighted by atomic mass is 35.5. The molecule has 1 aliphatic rings. The Morgan fingerprint density at radius 2 is 1.81 bits per heavy atom. The summed E-state index contributed by atoms with van der Waals surface area (Å²) in [6, 6.07) is 16.3. The maximum absolute atomic E-state index is 6.12. The summed E-state index contributed by atoms with van der Waals surface area (Å²) < 4.78 is 2.53. The molecule has 0 unspecified atom stereocenters. The van der Waals surface area contributed by atoms with Crippen LogP contribution in [0.3, 0.4) is 0 Å². The van der Waals surface area contributed by atoms with Gasteiger partial charge in [-0.2, -0.15) is 4.98 Å². The van der Waals surface area contributed by atoms with Crippen LogP contribution in [0, 0.1) is 11.7 Å². The van der Waals surface area contributed by atoms with Crippen LogP contribution < -0.4 is 4.90 Å². The smallest absolute Gasteiger partial charge is 0.217 e. The highest BCUT2D eigenvalue weighted by Gasteiger charge is 2.18. The minimum absolute atomic E-state index is 0.586. The maximum Gasteiger partial charge on any atom is 0.217 e. The molecule has 0 atom stereocenters. The van der Waals surface area contributed by atoms with Gasteiger partial charge in [0.05, 0.1) is 6.67 Å². The Labute approximate surface area is 169 Å². The Hall–Kier alpha value is -2.15. The van der Waals surface area contributed by atoms with Crippen molar-refractivity contribution in [2.24, 2.45) is 0 Å². The van der Waals surface area contributed by atoms with Gasteiger partial charge in [0.15, 0.2) is 5.82 Å². The van der Waals surface area contributed by atoms with Gasteiger partial charge in [-0.25, -0.2) is 4.68 Å². The lowest BCUT2D eigenvalue weighted by Crippen LogP contribution is -2.47. The minimum atomic E-state index is 0.586. The highest BCUT2D eigenvalue weighted by molar-refractivity contribution is 7.71. The van der Waals surface area contributed by atoms with E-state index in [9.17, 15) is 0 Å². The predicted octanol–water partition coefficient (Wildman–Crippen LogP) is 4.35. The molecular weight excluding hydrogens is 378 g/mol. The van der Waals surface area contributed by atoms with Gasteiger partial charge in [0.2, 0.25) is 4.77 Å².